The van der Waals surface area contributed by atoms with Gasteiger partial charge in [-0.2, -0.15) is 0 Å². The van der Waals surface area contributed by atoms with E-state index in [0.717, 1.165) is 23.2 Å². The molecule has 4 rings (SSSR count). The van der Waals surface area contributed by atoms with Crippen molar-refractivity contribution < 1.29 is 56.7 Å². The van der Waals surface area contributed by atoms with Crippen molar-refractivity contribution in [1.82, 2.24) is 15.5 Å². The number of hydrogen-bond donors (Lipinski definition) is 5. The fraction of sp³-hybridized carbons (Fsp3) is 0.333. The highest BCUT2D eigenvalue weighted by Crippen LogP contribution is 2.57. The maximum Gasteiger partial charge on any atom is 0.325 e. The van der Waals surface area contributed by atoms with Crippen molar-refractivity contribution in [1.29, 1.82) is 0 Å². The Bertz CT molecular complexity index is 1430. The van der Waals surface area contributed by atoms with Crippen LogP contribution in [0.25, 0.3) is 0 Å². The van der Waals surface area contributed by atoms with Gasteiger partial charge in [0.25, 0.3) is 7.82 Å². The Morgan fingerprint density at radius 1 is 1.14 bits per heavy atom. The van der Waals surface area contributed by atoms with Gasteiger partial charge in [0.2, 0.25) is 0 Å². The highest BCUT2D eigenvalue weighted by molar-refractivity contribution is 7.62. The van der Waals surface area contributed by atoms with Crippen molar-refractivity contribution in [2.45, 2.75) is 43.8 Å². The molecule has 7 atom stereocenters. The molecule has 15 nitrogen and oxygen atoms in total. The van der Waals surface area contributed by atoms with Crippen LogP contribution >= 0.6 is 15.4 Å². The molecule has 228 valence electrons. The summed E-state index contributed by atoms with van der Waals surface area (Å²) in [5.41, 5.74) is 1.23. The number of amides is 4. The minimum atomic E-state index is -5.45. The molecule has 1 saturated heterocycles. The lowest BCUT2D eigenvalue weighted by atomic mass is 10.1. The van der Waals surface area contributed by atoms with Gasteiger partial charge in [0.1, 0.15) is 37.9 Å². The standard InChI is InChI=1S/C24H29FN4O11P2/c1-14-4-2-3-5-15(14)13-41(34,35)40-42(36,37)38-12-18-20(30)21(31)22(39-18)29-11-10-19(28-24(29)33)27-23(32)26-17-8-6-16(25)7-9-17/h2-11,18-22,30-31H,12-13H2,1H3,(H,28,33)(H,34,35)(H,36,37)(H2,26,27,32)/p-2/t18-,19?,20?,21+,22-/m1/s1. The molecule has 0 spiro atoms. The van der Waals surface area contributed by atoms with Gasteiger partial charge >= 0.3 is 12.1 Å². The maximum atomic E-state index is 13.0. The van der Waals surface area contributed by atoms with Crippen molar-refractivity contribution in [3.8, 4) is 0 Å². The number of rotatable bonds is 10. The van der Waals surface area contributed by atoms with Gasteiger partial charge < -0.3 is 49.8 Å². The molecule has 2 aliphatic heterocycles. The minimum Gasteiger partial charge on any atom is -0.778 e. The van der Waals surface area contributed by atoms with E-state index in [1.807, 2.05) is 0 Å². The zero-order valence-corrected chi connectivity index (χ0v) is 23.7. The second kappa shape index (κ2) is 13.0. The van der Waals surface area contributed by atoms with Gasteiger partial charge in [0.05, 0.1) is 6.61 Å². The highest BCUT2D eigenvalue weighted by atomic mass is 31.3. The molecule has 2 aromatic carbocycles. The van der Waals surface area contributed by atoms with E-state index in [9.17, 15) is 43.1 Å². The Balaban J connectivity index is 1.30. The summed E-state index contributed by atoms with van der Waals surface area (Å²) in [5, 5.41) is 28.1. The molecule has 0 radical (unpaired) electrons. The fourth-order valence-electron chi connectivity index (χ4n) is 4.09. The molecular weight excluding hydrogens is 601 g/mol. The van der Waals surface area contributed by atoms with Crippen LogP contribution in [0.3, 0.4) is 0 Å². The number of phosphoric acid groups is 1. The number of hydrogen-bond acceptors (Lipinski definition) is 11. The normalized spacial score (nSPS) is 26.7. The van der Waals surface area contributed by atoms with Crippen LogP contribution in [0.5, 0.6) is 0 Å². The summed E-state index contributed by atoms with van der Waals surface area (Å²) in [6, 6.07) is 9.78. The van der Waals surface area contributed by atoms with Crippen LogP contribution in [0.15, 0.2) is 60.8 Å². The summed E-state index contributed by atoms with van der Waals surface area (Å²) >= 11 is 0. The maximum absolute atomic E-state index is 13.0. The molecular formula is C24H27FN4O11P2-2. The Labute approximate surface area is 239 Å². The van der Waals surface area contributed by atoms with Gasteiger partial charge in [-0.25, -0.2) is 14.0 Å². The van der Waals surface area contributed by atoms with E-state index in [0.29, 0.717) is 16.8 Å². The van der Waals surface area contributed by atoms with Gasteiger partial charge in [-0.3, -0.25) is 13.8 Å². The number of anilines is 1. The molecule has 0 aromatic heterocycles. The fourth-order valence-corrected chi connectivity index (χ4v) is 6.83. The van der Waals surface area contributed by atoms with Gasteiger partial charge in [-0.1, -0.05) is 24.3 Å². The van der Waals surface area contributed by atoms with E-state index < -0.39 is 76.8 Å². The lowest BCUT2D eigenvalue weighted by Gasteiger charge is -2.33. The van der Waals surface area contributed by atoms with Gasteiger partial charge in [-0.15, -0.1) is 0 Å². The predicted octanol–water partition coefficient (Wildman–Crippen LogP) is 0.823. The topological polar surface area (TPSA) is 222 Å². The number of halogens is 1. The first-order chi connectivity index (χ1) is 19.7. The molecule has 0 saturated carbocycles. The van der Waals surface area contributed by atoms with E-state index in [4.69, 9.17) is 4.74 Å². The number of nitrogens with one attached hydrogen (secondary N) is 3. The lowest BCUT2D eigenvalue weighted by Crippen LogP contribution is -2.57. The number of aryl methyl sites for hydroxylation is 1. The van der Waals surface area contributed by atoms with Crippen molar-refractivity contribution >= 4 is 33.2 Å². The summed E-state index contributed by atoms with van der Waals surface area (Å²) in [6.45, 7) is 0.706. The van der Waals surface area contributed by atoms with E-state index in [1.54, 1.807) is 25.1 Å². The Morgan fingerprint density at radius 3 is 2.50 bits per heavy atom. The lowest BCUT2D eigenvalue weighted by molar-refractivity contribution is -0.234. The van der Waals surface area contributed by atoms with Gasteiger partial charge in [0, 0.05) is 18.0 Å². The summed E-state index contributed by atoms with van der Waals surface area (Å²) in [7, 11) is -10.4. The zero-order valence-electron chi connectivity index (χ0n) is 21.9. The van der Waals surface area contributed by atoms with Crippen LogP contribution in [-0.2, 0) is 28.9 Å². The number of nitrogens with zero attached hydrogens (tertiary/aromatic N) is 1. The second-order valence-corrected chi connectivity index (χ2v) is 12.7. The quantitative estimate of drug-likeness (QED) is 0.232. The number of benzene rings is 2. The molecule has 42 heavy (non-hydrogen) atoms. The molecule has 2 aliphatic rings. The smallest absolute Gasteiger partial charge is 0.325 e. The third kappa shape index (κ3) is 8.22. The van der Waals surface area contributed by atoms with E-state index in [-0.39, 0.29) is 0 Å². The molecule has 4 unspecified atom stereocenters. The summed E-state index contributed by atoms with van der Waals surface area (Å²) in [6.07, 6.45) is -5.70. The number of aliphatic hydroxyl groups excluding tert-OH is 2. The first-order valence-corrected chi connectivity index (χ1v) is 15.6. The molecule has 2 heterocycles. The molecule has 5 N–H and O–H groups in total. The first kappa shape index (κ1) is 31.8. The third-order valence-corrected chi connectivity index (χ3v) is 9.19. The van der Waals surface area contributed by atoms with Crippen LogP contribution < -0.4 is 25.7 Å². The molecule has 1 fully saturated rings. The number of urea groups is 2. The van der Waals surface area contributed by atoms with Gasteiger partial charge in [0.15, 0.2) is 6.23 Å². The van der Waals surface area contributed by atoms with E-state index >= 15 is 0 Å². The SMILES string of the molecule is Cc1ccccc1CP(=O)([O-])OP(=O)([O-])OC[C@H]1O[C@@H](N2C=CC(NC(=O)Nc3ccc(F)cc3)NC2=O)[C@@H](O)C1O. The number of ether oxygens (including phenoxy) is 1. The van der Waals surface area contributed by atoms with E-state index in [2.05, 4.69) is 24.8 Å². The van der Waals surface area contributed by atoms with Crippen molar-refractivity contribution in [3.05, 3.63) is 77.8 Å². The van der Waals surface area contributed by atoms with Crippen LogP contribution in [0.1, 0.15) is 11.1 Å². The zero-order chi connectivity index (χ0) is 30.7. The van der Waals surface area contributed by atoms with Crippen LogP contribution in [0.2, 0.25) is 0 Å². The number of aliphatic hydroxyl groups is 2. The number of phosphoric ester groups is 1. The largest absolute Gasteiger partial charge is 0.778 e. The summed E-state index contributed by atoms with van der Waals surface area (Å²) < 4.78 is 51.9. The number of carbonyl (C=O) groups is 2. The monoisotopic (exact) mass is 628 g/mol. The Morgan fingerprint density at radius 2 is 1.83 bits per heavy atom. The summed E-state index contributed by atoms with van der Waals surface area (Å²) in [5.74, 6) is -0.490. The van der Waals surface area contributed by atoms with Crippen molar-refractivity contribution in [3.63, 3.8) is 0 Å². The Hall–Kier alpha value is -3.17. The molecule has 4 amide bonds. The number of carbonyl (C=O) groups excluding carboxylic acids is 2. The average molecular weight is 628 g/mol. The highest BCUT2D eigenvalue weighted by Gasteiger charge is 2.47. The van der Waals surface area contributed by atoms with Crippen LogP contribution in [-0.4, -0.2) is 64.5 Å². The van der Waals surface area contributed by atoms with Crippen LogP contribution in [0.4, 0.5) is 19.7 Å². The Kier molecular flexibility index (Phi) is 9.83. The second-order valence-electron chi connectivity index (χ2n) is 9.35. The first-order valence-electron chi connectivity index (χ1n) is 12.4. The van der Waals surface area contributed by atoms with Crippen molar-refractivity contribution in [2.24, 2.45) is 0 Å². The molecule has 18 heteroatoms. The minimum absolute atomic E-state index is 0.295. The summed E-state index contributed by atoms with van der Waals surface area (Å²) in [4.78, 5) is 50.2. The third-order valence-electron chi connectivity index (χ3n) is 6.20. The van der Waals surface area contributed by atoms with E-state index in [1.165, 1.54) is 24.3 Å². The molecule has 0 aliphatic carbocycles. The average Bonchev–Trinajstić information content (AvgIpc) is 3.18. The van der Waals surface area contributed by atoms with Crippen LogP contribution in [0, 0.1) is 12.7 Å². The molecule has 0 bridgehead atoms. The van der Waals surface area contributed by atoms with Crippen molar-refractivity contribution in [2.75, 3.05) is 11.9 Å². The predicted molar refractivity (Wildman–Crippen MR) is 140 cm³/mol. The molecule has 2 aromatic rings. The van der Waals surface area contributed by atoms with Gasteiger partial charge in [-0.05, 0) is 48.4 Å².